The highest BCUT2D eigenvalue weighted by molar-refractivity contribution is 6.00. The van der Waals surface area contributed by atoms with E-state index in [4.69, 9.17) is 33.5 Å². The fraction of sp³-hybridized carbons (Fsp3) is 0.550. The first-order valence-electron chi connectivity index (χ1n) is 18.2. The minimum Gasteiger partial charge on any atom is -0.491 e. The van der Waals surface area contributed by atoms with Crippen LogP contribution in [0.15, 0.2) is 47.3 Å². The van der Waals surface area contributed by atoms with Gasteiger partial charge in [-0.15, -0.1) is 0 Å². The smallest absolute Gasteiger partial charge is 0.251 e. The quantitative estimate of drug-likeness (QED) is 0.0999. The molecule has 0 aliphatic carbocycles. The number of pyridine rings is 1. The summed E-state index contributed by atoms with van der Waals surface area (Å²) in [5, 5.41) is 8.67. The van der Waals surface area contributed by atoms with Crippen LogP contribution in [0, 0.1) is 20.8 Å². The number of aryl methyl sites for hydroxylation is 2. The molecule has 1 aromatic heterocycles. The number of aliphatic hydroxyl groups is 1. The molecule has 0 saturated carbocycles. The second kappa shape index (κ2) is 21.7. The molecule has 1 aliphatic heterocycles. The van der Waals surface area contributed by atoms with Crippen molar-refractivity contribution in [3.8, 4) is 16.9 Å². The van der Waals surface area contributed by atoms with Gasteiger partial charge in [-0.25, -0.2) is 0 Å². The van der Waals surface area contributed by atoms with Crippen molar-refractivity contribution in [3.63, 3.8) is 0 Å². The van der Waals surface area contributed by atoms with Gasteiger partial charge in [0.2, 0.25) is 0 Å². The lowest BCUT2D eigenvalue weighted by atomic mass is 9.92. The normalized spacial score (nSPS) is 13.4. The molecule has 11 nitrogen and oxygen atoms in total. The van der Waals surface area contributed by atoms with Crippen molar-refractivity contribution >= 4 is 11.5 Å². The summed E-state index contributed by atoms with van der Waals surface area (Å²) < 4.78 is 33.2. The fourth-order valence-corrected chi connectivity index (χ4v) is 6.43. The number of ketones is 1. The van der Waals surface area contributed by atoms with Gasteiger partial charge in [-0.3, -0.25) is 9.59 Å². The molecule has 11 heteroatoms. The van der Waals surface area contributed by atoms with Gasteiger partial charge < -0.3 is 43.4 Å². The maximum absolute atomic E-state index is 13.9. The van der Waals surface area contributed by atoms with Crippen molar-refractivity contribution in [3.05, 3.63) is 80.8 Å². The molecule has 3 aromatic rings. The highest BCUT2D eigenvalue weighted by atomic mass is 16.6. The zero-order valence-corrected chi connectivity index (χ0v) is 30.8. The van der Waals surface area contributed by atoms with Crippen LogP contribution in [0.3, 0.4) is 0 Å². The van der Waals surface area contributed by atoms with E-state index in [1.54, 1.807) is 0 Å². The van der Waals surface area contributed by atoms with Crippen LogP contribution >= 0.6 is 0 Å². The summed E-state index contributed by atoms with van der Waals surface area (Å²) in [5.74, 6) is 0.760. The summed E-state index contributed by atoms with van der Waals surface area (Å²) in [5.41, 5.74) is 6.92. The highest BCUT2D eigenvalue weighted by Crippen LogP contribution is 2.35. The standard InChI is InChI=1S/C40H56N2O9/c1-5-42(34-12-15-46-16-13-34)38-28-33(27-37(31(38)4)39(44)11-10-36-29(2)26-30(3)41-40(36)45)32-6-8-35(9-7-32)51-25-24-50-23-22-49-21-20-48-19-18-47-17-14-43/h6-9,26-28,34,43H,5,10-25H2,1-4H3,(H,41,45). The molecule has 2 N–H and O–H groups in total. The number of anilines is 1. The molecule has 0 unspecified atom stereocenters. The molecular weight excluding hydrogens is 652 g/mol. The first kappa shape index (κ1) is 40.2. The molecule has 0 bridgehead atoms. The van der Waals surface area contributed by atoms with Gasteiger partial charge in [0.15, 0.2) is 5.78 Å². The zero-order valence-electron chi connectivity index (χ0n) is 30.8. The van der Waals surface area contributed by atoms with Crippen LogP contribution in [0.4, 0.5) is 5.69 Å². The lowest BCUT2D eigenvalue weighted by molar-refractivity contribution is -0.00779. The molecule has 51 heavy (non-hydrogen) atoms. The minimum atomic E-state index is -0.123. The van der Waals surface area contributed by atoms with E-state index in [-0.39, 0.29) is 24.4 Å². The topological polar surface area (TPSA) is 129 Å². The molecule has 0 atom stereocenters. The number of benzene rings is 2. The van der Waals surface area contributed by atoms with Crippen molar-refractivity contribution in [2.45, 2.75) is 59.4 Å². The Balaban J connectivity index is 1.36. The average molecular weight is 709 g/mol. The largest absolute Gasteiger partial charge is 0.491 e. The van der Waals surface area contributed by atoms with Crippen LogP contribution in [-0.4, -0.2) is 108 Å². The fourth-order valence-electron chi connectivity index (χ4n) is 6.43. The van der Waals surface area contributed by atoms with Crippen LogP contribution < -0.4 is 15.2 Å². The molecule has 1 fully saturated rings. The Kier molecular flexibility index (Phi) is 17.1. The van der Waals surface area contributed by atoms with Crippen LogP contribution in [0.25, 0.3) is 11.1 Å². The third-order valence-corrected chi connectivity index (χ3v) is 9.09. The molecular formula is C40H56N2O9. The SMILES string of the molecule is CCN(c1cc(-c2ccc(OCCOCCOCCOCCOCCO)cc2)cc(C(=O)CCc2c(C)cc(C)[nH]c2=O)c1C)C1CCOCC1. The van der Waals surface area contributed by atoms with Crippen LogP contribution in [0.5, 0.6) is 5.75 Å². The van der Waals surface area contributed by atoms with Crippen LogP contribution in [-0.2, 0) is 30.1 Å². The first-order valence-corrected chi connectivity index (χ1v) is 18.2. The van der Waals surface area contributed by atoms with Crippen LogP contribution in [0.1, 0.15) is 58.9 Å². The van der Waals surface area contributed by atoms with Crippen molar-refractivity contribution in [2.75, 3.05) is 90.7 Å². The third kappa shape index (κ3) is 12.6. The molecule has 0 radical (unpaired) electrons. The number of aliphatic hydroxyl groups excluding tert-OH is 1. The predicted molar refractivity (Wildman–Crippen MR) is 199 cm³/mol. The maximum atomic E-state index is 13.9. The number of aromatic amines is 1. The van der Waals surface area contributed by atoms with Gasteiger partial charge in [0.25, 0.3) is 5.56 Å². The van der Waals surface area contributed by atoms with Crippen molar-refractivity contribution in [2.24, 2.45) is 0 Å². The average Bonchev–Trinajstić information content (AvgIpc) is 3.13. The monoisotopic (exact) mass is 708 g/mol. The van der Waals surface area contributed by atoms with Crippen LogP contribution in [0.2, 0.25) is 0 Å². The van der Waals surface area contributed by atoms with E-state index in [2.05, 4.69) is 22.9 Å². The number of Topliss-reactive ketones (excluding diaryl/α,β-unsaturated/α-hetero) is 1. The molecule has 2 aromatic carbocycles. The van der Waals surface area contributed by atoms with Crippen molar-refractivity contribution in [1.29, 1.82) is 0 Å². The molecule has 0 amide bonds. The number of carbonyl (C=O) groups is 1. The third-order valence-electron chi connectivity index (χ3n) is 9.09. The number of nitrogens with zero attached hydrogens (tertiary/aromatic N) is 1. The lowest BCUT2D eigenvalue weighted by Crippen LogP contribution is -2.40. The van der Waals surface area contributed by atoms with Gasteiger partial charge in [0.1, 0.15) is 12.4 Å². The number of rotatable bonds is 23. The number of carbonyl (C=O) groups excluding carboxylic acids is 1. The van der Waals surface area contributed by atoms with E-state index in [0.29, 0.717) is 83.1 Å². The number of nitrogens with one attached hydrogen (secondary N) is 1. The number of H-pyrrole nitrogens is 1. The predicted octanol–water partition coefficient (Wildman–Crippen LogP) is 5.23. The second-order valence-corrected chi connectivity index (χ2v) is 12.7. The van der Waals surface area contributed by atoms with E-state index in [9.17, 15) is 9.59 Å². The van der Waals surface area contributed by atoms with Crippen molar-refractivity contribution in [1.82, 2.24) is 4.98 Å². The summed E-state index contributed by atoms with van der Waals surface area (Å²) >= 11 is 0. The van der Waals surface area contributed by atoms with Gasteiger partial charge in [-0.2, -0.15) is 0 Å². The zero-order chi connectivity index (χ0) is 36.4. The van der Waals surface area contributed by atoms with Gasteiger partial charge in [0.05, 0.1) is 59.5 Å². The van der Waals surface area contributed by atoms with Gasteiger partial charge >= 0.3 is 0 Å². The Morgan fingerprint density at radius 1 is 0.843 bits per heavy atom. The number of aromatic nitrogens is 1. The Morgan fingerprint density at radius 2 is 1.45 bits per heavy atom. The van der Waals surface area contributed by atoms with E-state index in [1.165, 1.54) is 0 Å². The Hall–Kier alpha value is -3.58. The highest BCUT2D eigenvalue weighted by Gasteiger charge is 2.25. The maximum Gasteiger partial charge on any atom is 0.251 e. The first-order chi connectivity index (χ1) is 24.8. The van der Waals surface area contributed by atoms with Crippen molar-refractivity contribution < 1.29 is 38.3 Å². The Labute approximate surface area is 302 Å². The second-order valence-electron chi connectivity index (χ2n) is 12.7. The van der Waals surface area contributed by atoms with E-state index in [0.717, 1.165) is 72.0 Å². The molecule has 280 valence electrons. The number of hydrogen-bond donors (Lipinski definition) is 2. The van der Waals surface area contributed by atoms with Gasteiger partial charge in [-0.1, -0.05) is 12.1 Å². The number of ether oxygens (including phenoxy) is 6. The van der Waals surface area contributed by atoms with Gasteiger partial charge in [0, 0.05) is 54.7 Å². The molecule has 0 spiro atoms. The Bertz CT molecular complexity index is 1550. The molecule has 2 heterocycles. The molecule has 1 saturated heterocycles. The summed E-state index contributed by atoms with van der Waals surface area (Å²) in [6.07, 6.45) is 2.52. The molecule has 1 aliphatic rings. The lowest BCUT2D eigenvalue weighted by Gasteiger charge is -2.37. The molecule has 4 rings (SSSR count). The Morgan fingerprint density at radius 3 is 2.04 bits per heavy atom. The van der Waals surface area contributed by atoms with E-state index >= 15 is 0 Å². The summed E-state index contributed by atoms with van der Waals surface area (Å²) in [7, 11) is 0. The number of hydrogen-bond acceptors (Lipinski definition) is 10. The minimum absolute atomic E-state index is 0.0125. The van der Waals surface area contributed by atoms with E-state index in [1.807, 2.05) is 57.2 Å². The van der Waals surface area contributed by atoms with Gasteiger partial charge in [-0.05, 0) is 99.5 Å². The van der Waals surface area contributed by atoms with E-state index < -0.39 is 0 Å². The summed E-state index contributed by atoms with van der Waals surface area (Å²) in [6, 6.07) is 14.4. The summed E-state index contributed by atoms with van der Waals surface area (Å²) in [4.78, 5) is 31.9. The summed E-state index contributed by atoms with van der Waals surface area (Å²) in [6.45, 7) is 14.3.